The molecule has 0 amide bonds. The van der Waals surface area contributed by atoms with Gasteiger partial charge in [0.15, 0.2) is 0 Å². The van der Waals surface area contributed by atoms with Gasteiger partial charge >= 0.3 is 0 Å². The zero-order chi connectivity index (χ0) is 19.6. The molecule has 1 N–H and O–H groups in total. The van der Waals surface area contributed by atoms with Crippen molar-refractivity contribution in [1.29, 1.82) is 0 Å². The molecule has 1 aliphatic heterocycles. The molecule has 0 aliphatic carbocycles. The summed E-state index contributed by atoms with van der Waals surface area (Å²) in [6, 6.07) is 27.2. The van der Waals surface area contributed by atoms with Gasteiger partial charge in [0, 0.05) is 17.7 Å². The summed E-state index contributed by atoms with van der Waals surface area (Å²) in [5.74, 6) is 1.92. The molecule has 3 aromatic carbocycles. The highest BCUT2D eigenvalue weighted by molar-refractivity contribution is 5.75. The third-order valence-corrected chi connectivity index (χ3v) is 5.31. The van der Waals surface area contributed by atoms with Crippen LogP contribution in [0.1, 0.15) is 12.5 Å². The molecule has 0 unspecified atom stereocenters. The van der Waals surface area contributed by atoms with Crippen molar-refractivity contribution in [2.24, 2.45) is 0 Å². The Labute approximate surface area is 170 Å². The molecule has 4 aromatic rings. The second kappa shape index (κ2) is 7.47. The SMILES string of the molecule is CCOc1ccccc1-n1nc(-c2ccc(-c3ccccc3)cc2)c2c1NCC2. The molecular formula is C25H23N3O. The van der Waals surface area contributed by atoms with Gasteiger partial charge in [0.2, 0.25) is 0 Å². The van der Waals surface area contributed by atoms with E-state index in [0.29, 0.717) is 6.61 Å². The predicted octanol–water partition coefficient (Wildman–Crippen LogP) is 5.57. The molecular weight excluding hydrogens is 358 g/mol. The minimum Gasteiger partial charge on any atom is -0.492 e. The smallest absolute Gasteiger partial charge is 0.145 e. The third-order valence-electron chi connectivity index (χ3n) is 5.31. The Bertz CT molecular complexity index is 1130. The summed E-state index contributed by atoms with van der Waals surface area (Å²) in [7, 11) is 0. The lowest BCUT2D eigenvalue weighted by Gasteiger charge is -2.12. The van der Waals surface area contributed by atoms with Gasteiger partial charge in [0.25, 0.3) is 0 Å². The first-order chi connectivity index (χ1) is 14.3. The van der Waals surface area contributed by atoms with Crippen molar-refractivity contribution in [2.75, 3.05) is 18.5 Å². The summed E-state index contributed by atoms with van der Waals surface area (Å²) in [6.07, 6.45) is 0.974. The van der Waals surface area contributed by atoms with Crippen molar-refractivity contribution in [1.82, 2.24) is 9.78 Å². The van der Waals surface area contributed by atoms with Gasteiger partial charge in [-0.15, -0.1) is 0 Å². The van der Waals surface area contributed by atoms with Crippen LogP contribution < -0.4 is 10.1 Å². The molecule has 1 aliphatic rings. The van der Waals surface area contributed by atoms with Crippen LogP contribution in [0.4, 0.5) is 5.82 Å². The van der Waals surface area contributed by atoms with E-state index >= 15 is 0 Å². The van der Waals surface area contributed by atoms with Crippen molar-refractivity contribution >= 4 is 5.82 Å². The predicted molar refractivity (Wildman–Crippen MR) is 118 cm³/mol. The van der Waals surface area contributed by atoms with E-state index in [1.807, 2.05) is 35.9 Å². The zero-order valence-electron chi connectivity index (χ0n) is 16.4. The molecule has 0 bridgehead atoms. The summed E-state index contributed by atoms with van der Waals surface area (Å²) < 4.78 is 7.84. The van der Waals surface area contributed by atoms with Crippen LogP contribution >= 0.6 is 0 Å². The fourth-order valence-electron chi connectivity index (χ4n) is 3.94. The first-order valence-electron chi connectivity index (χ1n) is 10.1. The van der Waals surface area contributed by atoms with Crippen molar-refractivity contribution in [3.63, 3.8) is 0 Å². The number of hydrogen-bond acceptors (Lipinski definition) is 3. The van der Waals surface area contributed by atoms with Crippen molar-refractivity contribution in [2.45, 2.75) is 13.3 Å². The molecule has 4 heteroatoms. The quantitative estimate of drug-likeness (QED) is 0.491. The molecule has 29 heavy (non-hydrogen) atoms. The minimum atomic E-state index is 0.627. The number of nitrogens with one attached hydrogen (secondary N) is 1. The van der Waals surface area contributed by atoms with Gasteiger partial charge in [-0.1, -0.05) is 66.7 Å². The maximum absolute atomic E-state index is 5.84. The molecule has 0 atom stereocenters. The maximum atomic E-state index is 5.84. The minimum absolute atomic E-state index is 0.627. The summed E-state index contributed by atoms with van der Waals surface area (Å²) >= 11 is 0. The van der Waals surface area contributed by atoms with E-state index < -0.39 is 0 Å². The number of ether oxygens (including phenoxy) is 1. The van der Waals surface area contributed by atoms with Crippen molar-refractivity contribution in [3.8, 4) is 33.8 Å². The van der Waals surface area contributed by atoms with Gasteiger partial charge in [-0.05, 0) is 36.6 Å². The second-order valence-corrected chi connectivity index (χ2v) is 7.11. The Morgan fingerprint density at radius 2 is 1.55 bits per heavy atom. The molecule has 5 rings (SSSR count). The van der Waals surface area contributed by atoms with E-state index in [2.05, 4.69) is 59.9 Å². The number of aromatic nitrogens is 2. The van der Waals surface area contributed by atoms with Gasteiger partial charge in [0.05, 0.1) is 12.3 Å². The number of fused-ring (bicyclic) bond motifs is 1. The molecule has 144 valence electrons. The Balaban J connectivity index is 1.57. The molecule has 0 radical (unpaired) electrons. The van der Waals surface area contributed by atoms with Crippen LogP contribution in [0.15, 0.2) is 78.9 Å². The molecule has 0 saturated heterocycles. The summed E-state index contributed by atoms with van der Waals surface area (Å²) in [5, 5.41) is 8.50. The van der Waals surface area contributed by atoms with E-state index in [-0.39, 0.29) is 0 Å². The lowest BCUT2D eigenvalue weighted by molar-refractivity contribution is 0.338. The normalized spacial score (nSPS) is 12.4. The maximum Gasteiger partial charge on any atom is 0.145 e. The second-order valence-electron chi connectivity index (χ2n) is 7.11. The lowest BCUT2D eigenvalue weighted by Crippen LogP contribution is -2.06. The first-order valence-corrected chi connectivity index (χ1v) is 10.1. The van der Waals surface area contributed by atoms with E-state index in [4.69, 9.17) is 9.84 Å². The van der Waals surface area contributed by atoms with Gasteiger partial charge < -0.3 is 10.1 Å². The van der Waals surface area contributed by atoms with Crippen LogP contribution in [0.5, 0.6) is 5.75 Å². The summed E-state index contributed by atoms with van der Waals surface area (Å²) in [5.41, 5.74) is 6.84. The molecule has 2 heterocycles. The van der Waals surface area contributed by atoms with Crippen LogP contribution in [-0.4, -0.2) is 22.9 Å². The highest BCUT2D eigenvalue weighted by atomic mass is 16.5. The Kier molecular flexibility index (Phi) is 4.53. The first kappa shape index (κ1) is 17.6. The van der Waals surface area contributed by atoms with Gasteiger partial charge in [-0.3, -0.25) is 0 Å². The Hall–Kier alpha value is -3.53. The van der Waals surface area contributed by atoms with Crippen LogP contribution in [0.2, 0.25) is 0 Å². The fraction of sp³-hybridized carbons (Fsp3) is 0.160. The average Bonchev–Trinajstić information content (AvgIpc) is 3.38. The Morgan fingerprint density at radius 1 is 0.862 bits per heavy atom. The van der Waals surface area contributed by atoms with Crippen LogP contribution in [0, 0.1) is 0 Å². The molecule has 0 saturated carbocycles. The topological polar surface area (TPSA) is 39.1 Å². The van der Waals surface area contributed by atoms with Crippen molar-refractivity contribution in [3.05, 3.63) is 84.4 Å². The standard InChI is InChI=1S/C25H23N3O/c1-2-29-23-11-7-6-10-22(23)28-25-21(16-17-26-25)24(27-28)20-14-12-19(13-15-20)18-8-4-3-5-9-18/h3-15,26H,2,16-17H2,1H3. The monoisotopic (exact) mass is 381 g/mol. The molecule has 0 fully saturated rings. The fourth-order valence-corrected chi connectivity index (χ4v) is 3.94. The molecule has 1 aromatic heterocycles. The largest absolute Gasteiger partial charge is 0.492 e. The third kappa shape index (κ3) is 3.17. The van der Waals surface area contributed by atoms with Gasteiger partial charge in [0.1, 0.15) is 17.3 Å². The summed E-state index contributed by atoms with van der Waals surface area (Å²) in [4.78, 5) is 0. The molecule has 4 nitrogen and oxygen atoms in total. The number of anilines is 1. The number of hydrogen-bond donors (Lipinski definition) is 1. The Morgan fingerprint density at radius 3 is 2.34 bits per heavy atom. The lowest BCUT2D eigenvalue weighted by atomic mass is 10.0. The average molecular weight is 381 g/mol. The zero-order valence-corrected chi connectivity index (χ0v) is 16.4. The van der Waals surface area contributed by atoms with Crippen LogP contribution in [0.25, 0.3) is 28.1 Å². The highest BCUT2D eigenvalue weighted by Gasteiger charge is 2.25. The number of para-hydroxylation sites is 2. The van der Waals surface area contributed by atoms with E-state index in [9.17, 15) is 0 Å². The number of nitrogens with zero attached hydrogens (tertiary/aromatic N) is 2. The number of rotatable bonds is 5. The van der Waals surface area contributed by atoms with E-state index in [1.165, 1.54) is 16.7 Å². The van der Waals surface area contributed by atoms with Crippen molar-refractivity contribution < 1.29 is 4.74 Å². The number of benzene rings is 3. The highest BCUT2D eigenvalue weighted by Crippen LogP contribution is 2.37. The van der Waals surface area contributed by atoms with Gasteiger partial charge in [-0.25, -0.2) is 4.68 Å². The van der Waals surface area contributed by atoms with Gasteiger partial charge in [-0.2, -0.15) is 5.10 Å². The van der Waals surface area contributed by atoms with E-state index in [1.54, 1.807) is 0 Å². The molecule has 0 spiro atoms. The van der Waals surface area contributed by atoms with Crippen LogP contribution in [-0.2, 0) is 6.42 Å². The van der Waals surface area contributed by atoms with Crippen LogP contribution in [0.3, 0.4) is 0 Å². The van der Waals surface area contributed by atoms with E-state index in [0.717, 1.165) is 41.5 Å². The summed E-state index contributed by atoms with van der Waals surface area (Å²) in [6.45, 7) is 3.56.